The minimum Gasteiger partial charge on any atom is -0.467 e. The fraction of sp³-hybridized carbons (Fsp3) is 0.250. The van der Waals surface area contributed by atoms with Gasteiger partial charge in [-0.2, -0.15) is 0 Å². The molecule has 4 aromatic rings. The minimum atomic E-state index is -0.601. The molecule has 0 N–H and O–H groups in total. The second-order valence-electron chi connectivity index (χ2n) is 8.64. The lowest BCUT2D eigenvalue weighted by Crippen LogP contribution is -2.27. The number of amides is 1. The normalized spacial score (nSPS) is 15.6. The quantitative estimate of drug-likeness (QED) is 0.276. The molecule has 2 aromatic carbocycles. The van der Waals surface area contributed by atoms with Crippen molar-refractivity contribution in [1.82, 2.24) is 9.47 Å². The molecule has 7 nitrogen and oxygen atoms in total. The Hall–Kier alpha value is -4.13. The van der Waals surface area contributed by atoms with E-state index in [2.05, 4.69) is 4.57 Å². The molecule has 0 saturated carbocycles. The Balaban J connectivity index is 1.35. The number of para-hydroxylation sites is 1. The van der Waals surface area contributed by atoms with Crippen LogP contribution in [0.3, 0.4) is 0 Å². The van der Waals surface area contributed by atoms with Crippen LogP contribution >= 0.6 is 0 Å². The lowest BCUT2D eigenvalue weighted by atomic mass is 10.0. The highest BCUT2D eigenvalue weighted by molar-refractivity contribution is 6.14. The van der Waals surface area contributed by atoms with Crippen molar-refractivity contribution in [3.05, 3.63) is 84.3 Å². The van der Waals surface area contributed by atoms with Gasteiger partial charge in [-0.1, -0.05) is 48.5 Å². The number of ether oxygens (including phenoxy) is 1. The number of nitrogens with zero attached hydrogens (tertiary/aromatic N) is 2. The molecule has 178 valence electrons. The molecular weight excluding hydrogens is 444 g/mol. The predicted molar refractivity (Wildman–Crippen MR) is 131 cm³/mol. The number of likely N-dealkylation sites (tertiary alicyclic amines) is 1. The number of hydrogen-bond acceptors (Lipinski definition) is 5. The van der Waals surface area contributed by atoms with Gasteiger partial charge in [0.05, 0.1) is 30.0 Å². The number of furan rings is 1. The van der Waals surface area contributed by atoms with E-state index in [1.165, 1.54) is 0 Å². The van der Waals surface area contributed by atoms with Crippen LogP contribution in [0, 0.1) is 5.92 Å². The van der Waals surface area contributed by atoms with Crippen LogP contribution in [0.15, 0.2) is 77.4 Å². The van der Waals surface area contributed by atoms with Crippen LogP contribution < -0.4 is 0 Å². The predicted octanol–water partition coefficient (Wildman–Crippen LogP) is 4.70. The van der Waals surface area contributed by atoms with Crippen LogP contribution in [0.4, 0.5) is 0 Å². The largest absolute Gasteiger partial charge is 0.467 e. The fourth-order valence-corrected chi connectivity index (χ4v) is 4.81. The fourth-order valence-electron chi connectivity index (χ4n) is 4.81. The first-order valence-electron chi connectivity index (χ1n) is 11.7. The number of carbonyl (C=O) groups is 3. The minimum absolute atomic E-state index is 0.0676. The molecule has 0 aliphatic carbocycles. The molecule has 1 amide bonds. The average molecular weight is 471 g/mol. The number of fused-ring (bicyclic) bond motifs is 1. The summed E-state index contributed by atoms with van der Waals surface area (Å²) in [6.07, 6.45) is 1.62. The summed E-state index contributed by atoms with van der Waals surface area (Å²) >= 11 is 0. The monoisotopic (exact) mass is 470 g/mol. The number of aryl methyl sites for hydroxylation is 1. The molecule has 3 heterocycles. The van der Waals surface area contributed by atoms with Gasteiger partial charge in [-0.15, -0.1) is 0 Å². The Labute approximate surface area is 202 Å². The molecule has 1 aliphatic rings. The van der Waals surface area contributed by atoms with Crippen molar-refractivity contribution in [3.8, 4) is 11.3 Å². The summed E-state index contributed by atoms with van der Waals surface area (Å²) in [4.78, 5) is 40.2. The maximum atomic E-state index is 13.5. The molecule has 1 atom stereocenters. The number of ketones is 1. The number of aromatic nitrogens is 1. The van der Waals surface area contributed by atoms with Gasteiger partial charge < -0.3 is 18.6 Å². The van der Waals surface area contributed by atoms with Gasteiger partial charge in [-0.05, 0) is 30.7 Å². The Morgan fingerprint density at radius 3 is 2.54 bits per heavy atom. The lowest BCUT2D eigenvalue weighted by molar-refractivity contribution is -0.147. The molecule has 7 heteroatoms. The topological polar surface area (TPSA) is 81.8 Å². The van der Waals surface area contributed by atoms with Gasteiger partial charge in [0.25, 0.3) is 0 Å². The zero-order valence-electron chi connectivity index (χ0n) is 19.5. The van der Waals surface area contributed by atoms with Crippen LogP contribution in [0.1, 0.15) is 29.5 Å². The third-order valence-corrected chi connectivity index (χ3v) is 6.43. The molecule has 0 bridgehead atoms. The van der Waals surface area contributed by atoms with Crippen molar-refractivity contribution < 1.29 is 23.5 Å². The van der Waals surface area contributed by atoms with Crippen LogP contribution in [0.5, 0.6) is 0 Å². The molecule has 2 aromatic heterocycles. The first kappa shape index (κ1) is 22.7. The highest BCUT2D eigenvalue weighted by atomic mass is 16.5. The molecule has 0 spiro atoms. The van der Waals surface area contributed by atoms with Crippen molar-refractivity contribution in [1.29, 1.82) is 0 Å². The molecule has 1 fully saturated rings. The Kier molecular flexibility index (Phi) is 6.23. The van der Waals surface area contributed by atoms with E-state index in [0.717, 1.165) is 22.2 Å². The van der Waals surface area contributed by atoms with Gasteiger partial charge in [0, 0.05) is 30.4 Å². The van der Waals surface area contributed by atoms with E-state index in [9.17, 15) is 14.4 Å². The molecule has 5 rings (SSSR count). The van der Waals surface area contributed by atoms with Gasteiger partial charge in [0.15, 0.2) is 6.61 Å². The van der Waals surface area contributed by atoms with Gasteiger partial charge in [0.2, 0.25) is 11.7 Å². The first-order chi connectivity index (χ1) is 17.1. The highest BCUT2D eigenvalue weighted by Crippen LogP contribution is 2.34. The van der Waals surface area contributed by atoms with Crippen LogP contribution in [0.2, 0.25) is 0 Å². The van der Waals surface area contributed by atoms with Crippen LogP contribution in [0.25, 0.3) is 22.2 Å². The van der Waals surface area contributed by atoms with E-state index in [1.54, 1.807) is 23.3 Å². The number of carbonyl (C=O) groups excluding carboxylic acids is 3. The average Bonchev–Trinajstić information content (AvgIpc) is 3.61. The number of esters is 1. The second kappa shape index (κ2) is 9.62. The molecule has 0 unspecified atom stereocenters. The maximum Gasteiger partial charge on any atom is 0.311 e. The van der Waals surface area contributed by atoms with Gasteiger partial charge >= 0.3 is 5.97 Å². The lowest BCUT2D eigenvalue weighted by Gasteiger charge is -2.15. The smallest absolute Gasteiger partial charge is 0.311 e. The molecule has 1 saturated heterocycles. The highest BCUT2D eigenvalue weighted by Gasteiger charge is 2.36. The van der Waals surface area contributed by atoms with Gasteiger partial charge in [-0.25, -0.2) is 0 Å². The third-order valence-electron chi connectivity index (χ3n) is 6.43. The standard InChI is InChI=1S/C28H26N2O5/c1-2-30-23-13-7-6-12-22(23)26(27(30)19-9-4-3-5-10-19)24(31)18-35-28(33)20-15-25(32)29(16-20)17-21-11-8-14-34-21/h3-14,20H,2,15-18H2,1H3/t20-/m1/s1. The second-order valence-corrected chi connectivity index (χ2v) is 8.64. The zero-order chi connectivity index (χ0) is 24.4. The van der Waals surface area contributed by atoms with Crippen molar-refractivity contribution in [2.45, 2.75) is 26.4 Å². The summed E-state index contributed by atoms with van der Waals surface area (Å²) in [5.74, 6) is -0.877. The van der Waals surface area contributed by atoms with Crippen LogP contribution in [-0.2, 0) is 27.4 Å². The number of rotatable bonds is 8. The van der Waals surface area contributed by atoms with Crippen molar-refractivity contribution in [2.24, 2.45) is 5.92 Å². The summed E-state index contributed by atoms with van der Waals surface area (Å²) in [6, 6.07) is 21.1. The van der Waals surface area contributed by atoms with E-state index in [-0.39, 0.29) is 31.3 Å². The molecular formula is C28H26N2O5. The summed E-state index contributed by atoms with van der Waals surface area (Å²) in [6.45, 7) is 2.91. The van der Waals surface area contributed by atoms with Crippen molar-refractivity contribution >= 4 is 28.6 Å². The Bertz CT molecular complexity index is 1370. The van der Waals surface area contributed by atoms with E-state index in [4.69, 9.17) is 9.15 Å². The number of hydrogen-bond donors (Lipinski definition) is 0. The summed E-state index contributed by atoms with van der Waals surface area (Å²) in [5, 5.41) is 0.829. The van der Waals surface area contributed by atoms with Crippen LogP contribution in [-0.4, -0.2) is 40.3 Å². The summed E-state index contributed by atoms with van der Waals surface area (Å²) in [7, 11) is 0. The Morgan fingerprint density at radius 1 is 1.03 bits per heavy atom. The maximum absolute atomic E-state index is 13.5. The number of benzene rings is 2. The molecule has 0 radical (unpaired) electrons. The van der Waals surface area contributed by atoms with E-state index in [1.807, 2.05) is 61.5 Å². The summed E-state index contributed by atoms with van der Waals surface area (Å²) < 4.78 is 12.9. The van der Waals surface area contributed by atoms with Crippen molar-refractivity contribution in [3.63, 3.8) is 0 Å². The third kappa shape index (κ3) is 4.37. The SMILES string of the molecule is CCn1c(-c2ccccc2)c(C(=O)COC(=O)[C@@H]2CC(=O)N(Cc3ccco3)C2)c2ccccc21. The molecule has 35 heavy (non-hydrogen) atoms. The van der Waals surface area contributed by atoms with Gasteiger partial charge in [-0.3, -0.25) is 14.4 Å². The zero-order valence-corrected chi connectivity index (χ0v) is 19.5. The number of Topliss-reactive ketones (excluding diaryl/α,β-unsaturated/α-hetero) is 1. The molecule has 1 aliphatic heterocycles. The Morgan fingerprint density at radius 2 is 1.80 bits per heavy atom. The van der Waals surface area contributed by atoms with E-state index in [0.29, 0.717) is 24.4 Å². The van der Waals surface area contributed by atoms with Crippen molar-refractivity contribution in [2.75, 3.05) is 13.2 Å². The van der Waals surface area contributed by atoms with E-state index >= 15 is 0 Å². The van der Waals surface area contributed by atoms with Gasteiger partial charge in [0.1, 0.15) is 5.76 Å². The first-order valence-corrected chi connectivity index (χ1v) is 11.7. The summed E-state index contributed by atoms with van der Waals surface area (Å²) in [5.41, 5.74) is 3.24. The van der Waals surface area contributed by atoms with E-state index < -0.39 is 11.9 Å².